The van der Waals surface area contributed by atoms with E-state index >= 15 is 0 Å². The molecule has 1 heterocycles. The predicted octanol–water partition coefficient (Wildman–Crippen LogP) is 2.14. The van der Waals surface area contributed by atoms with Crippen molar-refractivity contribution in [1.29, 1.82) is 0 Å². The standard InChI is InChI=1S/C19H23FO7S/c1-3-25-18(21)14-11-19(26-8-9-27-19)7-6-17(14)28(22,23)12-13-4-5-15(20)16(10-13)24-2/h4-5,10-11,17H,3,6-9,12H2,1-2H3. The van der Waals surface area contributed by atoms with Crippen LogP contribution in [0.5, 0.6) is 5.75 Å². The Morgan fingerprint density at radius 1 is 1.32 bits per heavy atom. The Morgan fingerprint density at radius 2 is 2.04 bits per heavy atom. The quantitative estimate of drug-likeness (QED) is 0.659. The van der Waals surface area contributed by atoms with Gasteiger partial charge in [-0.2, -0.15) is 0 Å². The van der Waals surface area contributed by atoms with Gasteiger partial charge in [0.2, 0.25) is 0 Å². The molecule has 0 saturated carbocycles. The molecule has 28 heavy (non-hydrogen) atoms. The van der Waals surface area contributed by atoms with Gasteiger partial charge in [-0.15, -0.1) is 0 Å². The van der Waals surface area contributed by atoms with E-state index in [9.17, 15) is 17.6 Å². The van der Waals surface area contributed by atoms with Gasteiger partial charge in [-0.25, -0.2) is 17.6 Å². The van der Waals surface area contributed by atoms with E-state index in [2.05, 4.69) is 0 Å². The lowest BCUT2D eigenvalue weighted by Crippen LogP contribution is -2.40. The van der Waals surface area contributed by atoms with E-state index in [4.69, 9.17) is 18.9 Å². The van der Waals surface area contributed by atoms with Crippen LogP contribution in [0.4, 0.5) is 4.39 Å². The molecular weight excluding hydrogens is 391 g/mol. The van der Waals surface area contributed by atoms with Crippen LogP contribution in [-0.4, -0.2) is 52.4 Å². The molecule has 1 aliphatic carbocycles. The molecule has 7 nitrogen and oxygen atoms in total. The minimum Gasteiger partial charge on any atom is -0.494 e. The van der Waals surface area contributed by atoms with E-state index in [1.807, 2.05) is 0 Å². The first-order valence-corrected chi connectivity index (χ1v) is 10.7. The van der Waals surface area contributed by atoms with Crippen LogP contribution in [0.3, 0.4) is 0 Å². The molecule has 1 spiro atoms. The van der Waals surface area contributed by atoms with E-state index in [1.54, 1.807) is 6.92 Å². The van der Waals surface area contributed by atoms with Crippen LogP contribution in [0.2, 0.25) is 0 Å². The Morgan fingerprint density at radius 3 is 2.68 bits per heavy atom. The highest BCUT2D eigenvalue weighted by molar-refractivity contribution is 7.91. The van der Waals surface area contributed by atoms with Crippen LogP contribution in [-0.2, 0) is 34.6 Å². The molecule has 1 fully saturated rings. The van der Waals surface area contributed by atoms with Crippen LogP contribution in [0.1, 0.15) is 25.3 Å². The summed E-state index contributed by atoms with van der Waals surface area (Å²) in [5.74, 6) is -2.76. The number of halogens is 1. The second-order valence-corrected chi connectivity index (χ2v) is 8.82. The molecule has 1 aromatic rings. The molecule has 0 bridgehead atoms. The summed E-state index contributed by atoms with van der Waals surface area (Å²) >= 11 is 0. The van der Waals surface area contributed by atoms with Crippen molar-refractivity contribution in [2.24, 2.45) is 0 Å². The van der Waals surface area contributed by atoms with E-state index in [0.717, 1.165) is 6.07 Å². The Balaban J connectivity index is 1.91. The van der Waals surface area contributed by atoms with Crippen LogP contribution in [0, 0.1) is 5.82 Å². The number of esters is 1. The van der Waals surface area contributed by atoms with Gasteiger partial charge in [0.15, 0.2) is 27.2 Å². The third-order valence-electron chi connectivity index (χ3n) is 4.78. The second kappa shape index (κ2) is 8.18. The first kappa shape index (κ1) is 20.8. The van der Waals surface area contributed by atoms with Crippen LogP contribution in [0.15, 0.2) is 29.8 Å². The van der Waals surface area contributed by atoms with Gasteiger partial charge in [0.1, 0.15) is 0 Å². The van der Waals surface area contributed by atoms with Crippen molar-refractivity contribution in [3.05, 3.63) is 41.2 Å². The summed E-state index contributed by atoms with van der Waals surface area (Å²) in [6, 6.07) is 3.88. The smallest absolute Gasteiger partial charge is 0.335 e. The Labute approximate surface area is 163 Å². The van der Waals surface area contributed by atoms with Crippen molar-refractivity contribution in [2.75, 3.05) is 26.9 Å². The maximum absolute atomic E-state index is 13.6. The molecule has 1 unspecified atom stereocenters. The molecule has 0 N–H and O–H groups in total. The molecular formula is C19H23FO7S. The maximum atomic E-state index is 13.6. The average Bonchev–Trinajstić information content (AvgIpc) is 3.10. The number of ether oxygens (including phenoxy) is 4. The second-order valence-electron chi connectivity index (χ2n) is 6.63. The lowest BCUT2D eigenvalue weighted by Gasteiger charge is -2.33. The van der Waals surface area contributed by atoms with Gasteiger partial charge < -0.3 is 18.9 Å². The molecule has 9 heteroatoms. The number of carbonyl (C=O) groups excluding carboxylic acids is 1. The van der Waals surface area contributed by atoms with Crippen molar-refractivity contribution in [3.63, 3.8) is 0 Å². The molecule has 1 aliphatic heterocycles. The largest absolute Gasteiger partial charge is 0.494 e. The molecule has 0 amide bonds. The zero-order chi connectivity index (χ0) is 20.4. The highest BCUT2D eigenvalue weighted by Gasteiger charge is 2.45. The molecule has 0 radical (unpaired) electrons. The molecule has 1 saturated heterocycles. The third kappa shape index (κ3) is 4.21. The first-order valence-electron chi connectivity index (χ1n) is 9.02. The molecule has 154 valence electrons. The highest BCUT2D eigenvalue weighted by Crippen LogP contribution is 2.38. The molecule has 0 aromatic heterocycles. The number of carbonyl (C=O) groups is 1. The predicted molar refractivity (Wildman–Crippen MR) is 97.9 cm³/mol. The van der Waals surface area contributed by atoms with Crippen molar-refractivity contribution in [1.82, 2.24) is 0 Å². The molecule has 3 rings (SSSR count). The monoisotopic (exact) mass is 414 g/mol. The fraction of sp³-hybridized carbons (Fsp3) is 0.526. The van der Waals surface area contributed by atoms with Gasteiger partial charge in [-0.05, 0) is 37.1 Å². The fourth-order valence-corrected chi connectivity index (χ4v) is 5.37. The van der Waals surface area contributed by atoms with E-state index < -0.39 is 32.7 Å². The van der Waals surface area contributed by atoms with Gasteiger partial charge in [-0.1, -0.05) is 6.07 Å². The van der Waals surface area contributed by atoms with Crippen LogP contribution >= 0.6 is 0 Å². The minimum absolute atomic E-state index is 0.0177. The molecule has 1 aromatic carbocycles. The number of methoxy groups -OCH3 is 1. The van der Waals surface area contributed by atoms with Crippen molar-refractivity contribution >= 4 is 15.8 Å². The summed E-state index contributed by atoms with van der Waals surface area (Å²) in [5, 5.41) is -1.05. The van der Waals surface area contributed by atoms with E-state index in [-0.39, 0.29) is 30.1 Å². The van der Waals surface area contributed by atoms with Gasteiger partial charge >= 0.3 is 5.97 Å². The average molecular weight is 414 g/mol. The lowest BCUT2D eigenvalue weighted by atomic mass is 9.94. The van der Waals surface area contributed by atoms with Gasteiger partial charge in [-0.3, -0.25) is 0 Å². The molecule has 1 atom stereocenters. The fourth-order valence-electron chi connectivity index (χ4n) is 3.49. The van der Waals surface area contributed by atoms with Crippen LogP contribution < -0.4 is 4.74 Å². The first-order chi connectivity index (χ1) is 13.3. The number of hydrogen-bond acceptors (Lipinski definition) is 7. The minimum atomic E-state index is -3.79. The van der Waals surface area contributed by atoms with Crippen molar-refractivity contribution < 1.29 is 36.6 Å². The summed E-state index contributed by atoms with van der Waals surface area (Å²) in [4.78, 5) is 12.5. The number of sulfone groups is 1. The van der Waals surface area contributed by atoms with Gasteiger partial charge in [0, 0.05) is 6.42 Å². The topological polar surface area (TPSA) is 88.1 Å². The molecule has 2 aliphatic rings. The SMILES string of the molecule is CCOC(=O)C1=CC2(CCC1S(=O)(=O)Cc1ccc(F)c(OC)c1)OCCO2. The Hall–Kier alpha value is -1.97. The zero-order valence-electron chi connectivity index (χ0n) is 15.8. The van der Waals surface area contributed by atoms with Crippen molar-refractivity contribution in [3.8, 4) is 5.75 Å². The summed E-state index contributed by atoms with van der Waals surface area (Å²) in [6.07, 6.45) is 1.91. The summed E-state index contributed by atoms with van der Waals surface area (Å²) in [6.45, 7) is 2.51. The maximum Gasteiger partial charge on any atom is 0.335 e. The Bertz CT molecular complexity index is 872. The van der Waals surface area contributed by atoms with Crippen LogP contribution in [0.25, 0.3) is 0 Å². The van der Waals surface area contributed by atoms with Gasteiger partial charge in [0.05, 0.1) is 43.5 Å². The van der Waals surface area contributed by atoms with Gasteiger partial charge in [0.25, 0.3) is 0 Å². The van der Waals surface area contributed by atoms with E-state index in [0.29, 0.717) is 25.2 Å². The summed E-state index contributed by atoms with van der Waals surface area (Å²) in [5.41, 5.74) is 0.388. The highest BCUT2D eigenvalue weighted by atomic mass is 32.2. The van der Waals surface area contributed by atoms with Crippen molar-refractivity contribution in [2.45, 2.75) is 36.6 Å². The summed E-state index contributed by atoms with van der Waals surface area (Å²) < 4.78 is 61.0. The summed E-state index contributed by atoms with van der Waals surface area (Å²) in [7, 11) is -2.49. The normalized spacial score (nSPS) is 21.4. The third-order valence-corrected chi connectivity index (χ3v) is 6.87. The Kier molecular flexibility index (Phi) is 6.07. The zero-order valence-corrected chi connectivity index (χ0v) is 16.6. The lowest BCUT2D eigenvalue weighted by molar-refractivity contribution is -0.143. The number of benzene rings is 1. The number of hydrogen-bond donors (Lipinski definition) is 0. The number of rotatable bonds is 6. The van der Waals surface area contributed by atoms with E-state index in [1.165, 1.54) is 25.3 Å².